The van der Waals surface area contributed by atoms with Crippen molar-refractivity contribution in [3.8, 4) is 6.07 Å². The molecule has 0 heterocycles. The Bertz CT molecular complexity index is 323. The molecule has 0 aliphatic heterocycles. The van der Waals surface area contributed by atoms with E-state index in [1.54, 1.807) is 19.1 Å². The highest BCUT2D eigenvalue weighted by Gasteiger charge is 2.02. The Morgan fingerprint density at radius 2 is 2.08 bits per heavy atom. The van der Waals surface area contributed by atoms with E-state index in [1.807, 2.05) is 13.0 Å². The molecule has 0 fully saturated rings. The van der Waals surface area contributed by atoms with Crippen LogP contribution in [0, 0.1) is 18.3 Å². The zero-order valence-corrected chi connectivity index (χ0v) is 7.20. The molecule has 12 heavy (non-hydrogen) atoms. The SMILES string of the molecule is Cc1cc(C#N)cc(C(C)O)c1. The molecule has 2 nitrogen and oxygen atoms in total. The smallest absolute Gasteiger partial charge is 0.0991 e. The summed E-state index contributed by atoms with van der Waals surface area (Å²) < 4.78 is 0. The van der Waals surface area contributed by atoms with E-state index in [0.29, 0.717) is 5.56 Å². The molecule has 1 aromatic carbocycles. The van der Waals surface area contributed by atoms with E-state index in [9.17, 15) is 5.11 Å². The summed E-state index contributed by atoms with van der Waals surface area (Å²) in [5.41, 5.74) is 2.41. The maximum absolute atomic E-state index is 9.26. The van der Waals surface area contributed by atoms with Gasteiger partial charge in [0.15, 0.2) is 0 Å². The predicted octanol–water partition coefficient (Wildman–Crippen LogP) is 1.92. The van der Waals surface area contributed by atoms with E-state index in [2.05, 4.69) is 6.07 Å². The zero-order valence-electron chi connectivity index (χ0n) is 7.20. The van der Waals surface area contributed by atoms with E-state index in [-0.39, 0.29) is 0 Å². The summed E-state index contributed by atoms with van der Waals surface area (Å²) in [6.07, 6.45) is -0.503. The normalized spacial score (nSPS) is 12.2. The summed E-state index contributed by atoms with van der Waals surface area (Å²) in [4.78, 5) is 0. The molecule has 62 valence electrons. The number of hydrogen-bond donors (Lipinski definition) is 1. The third kappa shape index (κ3) is 1.84. The largest absolute Gasteiger partial charge is 0.389 e. The maximum atomic E-state index is 9.26. The Kier molecular flexibility index (Phi) is 2.47. The average molecular weight is 161 g/mol. The van der Waals surface area contributed by atoms with E-state index in [4.69, 9.17) is 5.26 Å². The van der Waals surface area contributed by atoms with Crippen LogP contribution >= 0.6 is 0 Å². The molecule has 0 aromatic heterocycles. The van der Waals surface area contributed by atoms with E-state index in [1.165, 1.54) is 0 Å². The van der Waals surface area contributed by atoms with Crippen LogP contribution < -0.4 is 0 Å². The summed E-state index contributed by atoms with van der Waals surface area (Å²) >= 11 is 0. The van der Waals surface area contributed by atoms with Crippen molar-refractivity contribution in [3.05, 3.63) is 34.9 Å². The van der Waals surface area contributed by atoms with Crippen LogP contribution in [-0.4, -0.2) is 5.11 Å². The summed E-state index contributed by atoms with van der Waals surface area (Å²) in [5, 5.41) is 17.9. The van der Waals surface area contributed by atoms with Crippen molar-refractivity contribution in [1.82, 2.24) is 0 Å². The van der Waals surface area contributed by atoms with Crippen molar-refractivity contribution in [2.24, 2.45) is 0 Å². The molecule has 0 aliphatic carbocycles. The molecule has 0 spiro atoms. The van der Waals surface area contributed by atoms with Crippen LogP contribution in [-0.2, 0) is 0 Å². The Morgan fingerprint density at radius 3 is 2.58 bits per heavy atom. The number of nitriles is 1. The molecule has 1 N–H and O–H groups in total. The maximum Gasteiger partial charge on any atom is 0.0991 e. The van der Waals surface area contributed by atoms with Gasteiger partial charge in [-0.3, -0.25) is 0 Å². The lowest BCUT2D eigenvalue weighted by Crippen LogP contribution is -1.92. The number of aliphatic hydroxyl groups excluding tert-OH is 1. The monoisotopic (exact) mass is 161 g/mol. The molecule has 1 unspecified atom stereocenters. The molecular formula is C10H11NO. The molecule has 0 bridgehead atoms. The summed E-state index contributed by atoms with van der Waals surface area (Å²) in [5.74, 6) is 0. The zero-order chi connectivity index (χ0) is 9.14. The highest BCUT2D eigenvalue weighted by atomic mass is 16.3. The molecule has 0 radical (unpaired) electrons. The van der Waals surface area contributed by atoms with Crippen LogP contribution in [0.4, 0.5) is 0 Å². The van der Waals surface area contributed by atoms with Gasteiger partial charge in [-0.05, 0) is 37.1 Å². The molecule has 0 saturated carbocycles. The lowest BCUT2D eigenvalue weighted by molar-refractivity contribution is 0.199. The first-order valence-corrected chi connectivity index (χ1v) is 3.83. The van der Waals surface area contributed by atoms with Gasteiger partial charge in [-0.25, -0.2) is 0 Å². The van der Waals surface area contributed by atoms with Crippen molar-refractivity contribution < 1.29 is 5.11 Å². The number of aryl methyl sites for hydroxylation is 1. The second kappa shape index (κ2) is 3.38. The summed E-state index contributed by atoms with van der Waals surface area (Å²) in [7, 11) is 0. The third-order valence-corrected chi connectivity index (χ3v) is 1.71. The molecule has 1 atom stereocenters. The van der Waals surface area contributed by atoms with Crippen LogP contribution in [0.25, 0.3) is 0 Å². The average Bonchev–Trinajstić information content (AvgIpc) is 2.03. The quantitative estimate of drug-likeness (QED) is 0.683. The number of rotatable bonds is 1. The van der Waals surface area contributed by atoms with Gasteiger partial charge < -0.3 is 5.11 Å². The van der Waals surface area contributed by atoms with Crippen LogP contribution in [0.1, 0.15) is 29.7 Å². The van der Waals surface area contributed by atoms with Gasteiger partial charge in [-0.2, -0.15) is 5.26 Å². The standard InChI is InChI=1S/C10H11NO/c1-7-3-9(6-11)5-10(4-7)8(2)12/h3-5,8,12H,1-2H3. The lowest BCUT2D eigenvalue weighted by Gasteiger charge is -2.05. The first-order valence-electron chi connectivity index (χ1n) is 3.83. The van der Waals surface area contributed by atoms with Crippen molar-refractivity contribution >= 4 is 0 Å². The first-order chi connectivity index (χ1) is 5.63. The van der Waals surface area contributed by atoms with Gasteiger partial charge in [0, 0.05) is 0 Å². The van der Waals surface area contributed by atoms with Crippen LogP contribution in [0.15, 0.2) is 18.2 Å². The van der Waals surface area contributed by atoms with Gasteiger partial charge in [-0.1, -0.05) is 6.07 Å². The highest BCUT2D eigenvalue weighted by molar-refractivity contribution is 5.37. The topological polar surface area (TPSA) is 44.0 Å². The molecule has 0 amide bonds. The molecule has 0 aliphatic rings. The Morgan fingerprint density at radius 1 is 1.42 bits per heavy atom. The Labute approximate surface area is 72.1 Å². The molecular weight excluding hydrogens is 150 g/mol. The predicted molar refractivity (Wildman–Crippen MR) is 46.5 cm³/mol. The highest BCUT2D eigenvalue weighted by Crippen LogP contribution is 2.15. The minimum atomic E-state index is -0.503. The number of nitrogens with zero attached hydrogens (tertiary/aromatic N) is 1. The fraction of sp³-hybridized carbons (Fsp3) is 0.300. The third-order valence-electron chi connectivity index (χ3n) is 1.71. The fourth-order valence-electron chi connectivity index (χ4n) is 1.12. The minimum Gasteiger partial charge on any atom is -0.389 e. The minimum absolute atomic E-state index is 0.503. The van der Waals surface area contributed by atoms with Crippen molar-refractivity contribution in [3.63, 3.8) is 0 Å². The van der Waals surface area contributed by atoms with E-state index in [0.717, 1.165) is 11.1 Å². The van der Waals surface area contributed by atoms with Crippen LogP contribution in [0.2, 0.25) is 0 Å². The van der Waals surface area contributed by atoms with E-state index < -0.39 is 6.10 Å². The Balaban J connectivity index is 3.17. The van der Waals surface area contributed by atoms with Gasteiger partial charge in [-0.15, -0.1) is 0 Å². The van der Waals surface area contributed by atoms with Gasteiger partial charge in [0.05, 0.1) is 17.7 Å². The summed E-state index contributed by atoms with van der Waals surface area (Å²) in [6.45, 7) is 3.60. The first kappa shape index (κ1) is 8.76. The lowest BCUT2D eigenvalue weighted by atomic mass is 10.0. The van der Waals surface area contributed by atoms with Gasteiger partial charge in [0.25, 0.3) is 0 Å². The number of aliphatic hydroxyl groups is 1. The van der Waals surface area contributed by atoms with Crippen LogP contribution in [0.3, 0.4) is 0 Å². The van der Waals surface area contributed by atoms with Crippen molar-refractivity contribution in [2.45, 2.75) is 20.0 Å². The molecule has 1 aromatic rings. The second-order valence-electron chi connectivity index (χ2n) is 2.92. The Hall–Kier alpha value is -1.33. The second-order valence-corrected chi connectivity index (χ2v) is 2.92. The van der Waals surface area contributed by atoms with Crippen molar-refractivity contribution in [2.75, 3.05) is 0 Å². The number of benzene rings is 1. The fourth-order valence-corrected chi connectivity index (χ4v) is 1.12. The molecule has 0 saturated heterocycles. The van der Waals surface area contributed by atoms with Gasteiger partial charge >= 0.3 is 0 Å². The molecule has 1 rings (SSSR count). The van der Waals surface area contributed by atoms with Crippen LogP contribution in [0.5, 0.6) is 0 Å². The van der Waals surface area contributed by atoms with Crippen molar-refractivity contribution in [1.29, 1.82) is 5.26 Å². The molecule has 2 heteroatoms. The summed E-state index contributed by atoms with van der Waals surface area (Å²) in [6, 6.07) is 7.44. The number of hydrogen-bond acceptors (Lipinski definition) is 2. The van der Waals surface area contributed by atoms with Gasteiger partial charge in [0.1, 0.15) is 0 Å². The van der Waals surface area contributed by atoms with E-state index >= 15 is 0 Å². The van der Waals surface area contributed by atoms with Gasteiger partial charge in [0.2, 0.25) is 0 Å².